The molecule has 5 heteroatoms. The lowest BCUT2D eigenvalue weighted by atomic mass is 9.95. The van der Waals surface area contributed by atoms with Crippen LogP contribution in [0.15, 0.2) is 45.9 Å². The number of carbonyl (C=O) groups excluding carboxylic acids is 1. The Bertz CT molecular complexity index is 442. The molecule has 0 aliphatic carbocycles. The molecule has 1 rings (SSSR count). The van der Waals surface area contributed by atoms with E-state index in [9.17, 15) is 4.79 Å². The van der Waals surface area contributed by atoms with Crippen LogP contribution in [0.2, 0.25) is 0 Å². The van der Waals surface area contributed by atoms with Crippen molar-refractivity contribution in [2.75, 3.05) is 6.54 Å². The van der Waals surface area contributed by atoms with Crippen LogP contribution in [0.1, 0.15) is 27.7 Å². The Kier molecular flexibility index (Phi) is 4.65. The van der Waals surface area contributed by atoms with Gasteiger partial charge in [-0.15, -0.1) is 5.11 Å². The summed E-state index contributed by atoms with van der Waals surface area (Å²) in [5, 5.41) is 7.86. The zero-order valence-electron chi connectivity index (χ0n) is 11.8. The van der Waals surface area contributed by atoms with Crippen molar-refractivity contribution in [1.82, 2.24) is 4.81 Å². The predicted molar refractivity (Wildman–Crippen MR) is 75.5 cm³/mol. The summed E-state index contributed by atoms with van der Waals surface area (Å²) in [7, 11) is 1.77. The van der Waals surface area contributed by atoms with E-state index in [0.29, 0.717) is 12.2 Å². The second-order valence-electron chi connectivity index (χ2n) is 5.43. The van der Waals surface area contributed by atoms with Crippen molar-refractivity contribution in [2.24, 2.45) is 15.6 Å². The number of amides is 1. The van der Waals surface area contributed by atoms with Crippen LogP contribution in [-0.2, 0) is 4.79 Å². The summed E-state index contributed by atoms with van der Waals surface area (Å²) in [5.74, 6) is -0.0724. The molecule has 1 heterocycles. The van der Waals surface area contributed by atoms with E-state index in [2.05, 4.69) is 37.1 Å². The summed E-state index contributed by atoms with van der Waals surface area (Å²) >= 11 is 0. The lowest BCUT2D eigenvalue weighted by molar-refractivity contribution is -0.121. The number of nitrogens with zero attached hydrogens (tertiary/aromatic N) is 3. The molecule has 0 spiro atoms. The van der Waals surface area contributed by atoms with Crippen molar-refractivity contribution in [3.8, 4) is 0 Å². The highest BCUT2D eigenvalue weighted by Gasteiger charge is 2.26. The number of rotatable bonds is 3. The van der Waals surface area contributed by atoms with Crippen molar-refractivity contribution in [2.45, 2.75) is 27.7 Å². The Morgan fingerprint density at radius 1 is 1.39 bits per heavy atom. The van der Waals surface area contributed by atoms with Gasteiger partial charge in [-0.1, -0.05) is 39.0 Å². The SMILES string of the molecule is BN1CC(/C=C/C(C)(C)C)=C(/N=N\C=C/C)C1=O. The average molecular weight is 245 g/mol. The molecule has 1 aliphatic heterocycles. The first kappa shape index (κ1) is 14.4. The summed E-state index contributed by atoms with van der Waals surface area (Å²) in [5.41, 5.74) is 1.45. The van der Waals surface area contributed by atoms with E-state index in [4.69, 9.17) is 0 Å². The number of carbonyl (C=O) groups is 1. The van der Waals surface area contributed by atoms with Gasteiger partial charge in [-0.2, -0.15) is 5.11 Å². The number of allylic oxidation sites excluding steroid dienone is 2. The molecule has 0 saturated carbocycles. The second kappa shape index (κ2) is 5.80. The zero-order chi connectivity index (χ0) is 13.8. The maximum Gasteiger partial charge on any atom is 0.262 e. The highest BCUT2D eigenvalue weighted by molar-refractivity contribution is 6.19. The number of hydrogen-bond donors (Lipinski definition) is 0. The topological polar surface area (TPSA) is 45.0 Å². The third-order valence-corrected chi connectivity index (χ3v) is 2.42. The molecule has 0 atom stereocenters. The maximum atomic E-state index is 11.9. The van der Waals surface area contributed by atoms with Crippen molar-refractivity contribution in [3.05, 3.63) is 35.7 Å². The van der Waals surface area contributed by atoms with Gasteiger partial charge in [0.25, 0.3) is 5.91 Å². The van der Waals surface area contributed by atoms with Crippen molar-refractivity contribution < 1.29 is 4.79 Å². The molecular formula is C13H20BN3O. The minimum absolute atomic E-state index is 0.0724. The van der Waals surface area contributed by atoms with Crippen LogP contribution in [0.4, 0.5) is 0 Å². The third-order valence-electron chi connectivity index (χ3n) is 2.42. The second-order valence-corrected chi connectivity index (χ2v) is 5.43. The summed E-state index contributed by atoms with van der Waals surface area (Å²) in [6, 6.07) is 0. The van der Waals surface area contributed by atoms with Crippen LogP contribution in [0.25, 0.3) is 0 Å². The number of azo groups is 1. The van der Waals surface area contributed by atoms with Crippen LogP contribution in [0.5, 0.6) is 0 Å². The number of hydrogen-bond acceptors (Lipinski definition) is 3. The zero-order valence-corrected chi connectivity index (χ0v) is 11.8. The van der Waals surface area contributed by atoms with E-state index < -0.39 is 0 Å². The molecule has 0 N–H and O–H groups in total. The minimum Gasteiger partial charge on any atom is -0.384 e. The fraction of sp³-hybridized carbons (Fsp3) is 0.462. The van der Waals surface area contributed by atoms with E-state index in [0.717, 1.165) is 5.57 Å². The first-order valence-corrected chi connectivity index (χ1v) is 6.05. The van der Waals surface area contributed by atoms with E-state index in [-0.39, 0.29) is 11.3 Å². The first-order valence-electron chi connectivity index (χ1n) is 6.05. The van der Waals surface area contributed by atoms with Gasteiger partial charge < -0.3 is 4.81 Å². The molecule has 0 aromatic carbocycles. The molecule has 1 amide bonds. The Labute approximate surface area is 110 Å². The first-order chi connectivity index (χ1) is 8.35. The molecule has 0 fully saturated rings. The van der Waals surface area contributed by atoms with Crippen LogP contribution in [0.3, 0.4) is 0 Å². The fourth-order valence-corrected chi connectivity index (χ4v) is 1.47. The summed E-state index contributed by atoms with van der Waals surface area (Å²) in [4.78, 5) is 13.5. The van der Waals surface area contributed by atoms with Crippen molar-refractivity contribution in [3.63, 3.8) is 0 Å². The van der Waals surface area contributed by atoms with Gasteiger partial charge in [-0.05, 0) is 12.3 Å². The van der Waals surface area contributed by atoms with Gasteiger partial charge in [0.1, 0.15) is 0 Å². The minimum atomic E-state index is -0.0724. The molecule has 18 heavy (non-hydrogen) atoms. The van der Waals surface area contributed by atoms with Gasteiger partial charge in [-0.25, -0.2) is 0 Å². The Hall–Kier alpha value is -1.65. The summed E-state index contributed by atoms with van der Waals surface area (Å²) < 4.78 is 0. The molecule has 0 radical (unpaired) electrons. The Morgan fingerprint density at radius 2 is 2.06 bits per heavy atom. The monoisotopic (exact) mass is 245 g/mol. The predicted octanol–water partition coefficient (Wildman–Crippen LogP) is 2.22. The Morgan fingerprint density at radius 3 is 2.61 bits per heavy atom. The van der Waals surface area contributed by atoms with E-state index in [1.807, 2.05) is 13.0 Å². The van der Waals surface area contributed by atoms with Crippen molar-refractivity contribution in [1.29, 1.82) is 0 Å². The lowest BCUT2D eigenvalue weighted by Gasteiger charge is -2.11. The third kappa shape index (κ3) is 3.98. The highest BCUT2D eigenvalue weighted by atomic mass is 16.2. The molecular weight excluding hydrogens is 225 g/mol. The smallest absolute Gasteiger partial charge is 0.262 e. The van der Waals surface area contributed by atoms with Gasteiger partial charge >= 0.3 is 0 Å². The van der Waals surface area contributed by atoms with Crippen LogP contribution in [0, 0.1) is 5.41 Å². The summed E-state index contributed by atoms with van der Waals surface area (Å²) in [6.07, 6.45) is 7.41. The molecule has 0 aromatic heterocycles. The van der Waals surface area contributed by atoms with Gasteiger partial charge in [0.05, 0.1) is 0 Å². The highest BCUT2D eigenvalue weighted by Crippen LogP contribution is 2.23. The largest absolute Gasteiger partial charge is 0.384 e. The van der Waals surface area contributed by atoms with Crippen LogP contribution >= 0.6 is 0 Å². The van der Waals surface area contributed by atoms with Crippen LogP contribution < -0.4 is 0 Å². The molecule has 0 aromatic rings. The van der Waals surface area contributed by atoms with Gasteiger partial charge in [0.15, 0.2) is 5.70 Å². The van der Waals surface area contributed by atoms with Gasteiger partial charge in [0, 0.05) is 18.3 Å². The molecule has 0 bridgehead atoms. The van der Waals surface area contributed by atoms with Gasteiger partial charge in [0.2, 0.25) is 7.98 Å². The summed E-state index contributed by atoms with van der Waals surface area (Å²) in [6.45, 7) is 8.80. The molecule has 0 saturated heterocycles. The lowest BCUT2D eigenvalue weighted by Crippen LogP contribution is -2.23. The Balaban J connectivity index is 3.01. The maximum absolute atomic E-state index is 11.9. The van der Waals surface area contributed by atoms with Gasteiger partial charge in [-0.3, -0.25) is 4.79 Å². The van der Waals surface area contributed by atoms with E-state index >= 15 is 0 Å². The standard InChI is InChI=1S/C13H20BN3O/c1-5-8-15-16-11-10(6-7-13(2,3)4)9-17(14)12(11)18/h5-8H,9,14H2,1-4H3/b7-6+,8-5-,16-15-. The quantitative estimate of drug-likeness (QED) is 0.555. The normalized spacial score (nSPS) is 18.2. The molecule has 4 nitrogen and oxygen atoms in total. The molecule has 96 valence electrons. The van der Waals surface area contributed by atoms with Crippen molar-refractivity contribution >= 4 is 13.9 Å². The molecule has 0 unspecified atom stereocenters. The fourth-order valence-electron chi connectivity index (χ4n) is 1.47. The average Bonchev–Trinajstić information content (AvgIpc) is 2.53. The molecule has 1 aliphatic rings. The van der Waals surface area contributed by atoms with Crippen LogP contribution in [-0.4, -0.2) is 25.2 Å². The van der Waals surface area contributed by atoms with E-state index in [1.54, 1.807) is 25.1 Å². The van der Waals surface area contributed by atoms with E-state index in [1.165, 1.54) is 0 Å².